The first-order valence-corrected chi connectivity index (χ1v) is 7.10. The molecule has 0 heterocycles. The van der Waals surface area contributed by atoms with Gasteiger partial charge in [-0.2, -0.15) is 0 Å². The quantitative estimate of drug-likeness (QED) is 0.338. The van der Waals surface area contributed by atoms with Crippen LogP contribution in [-0.4, -0.2) is 26.1 Å². The fraction of sp³-hybridized carbons (Fsp3) is 0.562. The first kappa shape index (κ1) is 19.2. The summed E-state index contributed by atoms with van der Waals surface area (Å²) in [6, 6.07) is 10.6. The molecule has 0 aliphatic heterocycles. The van der Waals surface area contributed by atoms with Gasteiger partial charge in [0.2, 0.25) is 0 Å². The normalized spacial score (nSPS) is 11.7. The lowest BCUT2D eigenvalue weighted by Crippen LogP contribution is -2.43. The first-order valence-electron chi connectivity index (χ1n) is 7.10. The second-order valence-corrected chi connectivity index (χ2v) is 5.46. The highest BCUT2D eigenvalue weighted by Crippen LogP contribution is 2.21. The zero-order valence-electron chi connectivity index (χ0n) is 13.1. The van der Waals surface area contributed by atoms with Gasteiger partial charge in [0.15, 0.2) is 5.96 Å². The SMILES string of the molecule is CCCCNC(=NC)NCC(C)(C)c1ccccc1.I. The van der Waals surface area contributed by atoms with Crippen molar-refractivity contribution in [2.75, 3.05) is 20.1 Å². The average molecular weight is 389 g/mol. The van der Waals surface area contributed by atoms with Crippen molar-refractivity contribution in [3.63, 3.8) is 0 Å². The Morgan fingerprint density at radius 3 is 2.35 bits per heavy atom. The van der Waals surface area contributed by atoms with Crippen molar-refractivity contribution in [2.45, 2.75) is 39.0 Å². The Balaban J connectivity index is 0.00000361. The highest BCUT2D eigenvalue weighted by Gasteiger charge is 2.20. The minimum atomic E-state index is 0. The molecule has 4 heteroatoms. The van der Waals surface area contributed by atoms with Crippen LogP contribution in [0.15, 0.2) is 35.3 Å². The van der Waals surface area contributed by atoms with Gasteiger partial charge in [0.25, 0.3) is 0 Å². The molecule has 0 unspecified atom stereocenters. The molecule has 0 fully saturated rings. The van der Waals surface area contributed by atoms with Crippen molar-refractivity contribution in [1.29, 1.82) is 0 Å². The van der Waals surface area contributed by atoms with Gasteiger partial charge in [-0.15, -0.1) is 24.0 Å². The summed E-state index contributed by atoms with van der Waals surface area (Å²) in [4.78, 5) is 4.25. The molecule has 0 saturated heterocycles. The smallest absolute Gasteiger partial charge is 0.191 e. The summed E-state index contributed by atoms with van der Waals surface area (Å²) in [5, 5.41) is 6.74. The lowest BCUT2D eigenvalue weighted by Gasteiger charge is -2.26. The molecule has 2 N–H and O–H groups in total. The molecule has 1 rings (SSSR count). The summed E-state index contributed by atoms with van der Waals surface area (Å²) in [7, 11) is 1.82. The highest BCUT2D eigenvalue weighted by molar-refractivity contribution is 14.0. The van der Waals surface area contributed by atoms with Crippen molar-refractivity contribution in [3.05, 3.63) is 35.9 Å². The minimum Gasteiger partial charge on any atom is -0.356 e. The summed E-state index contributed by atoms with van der Waals surface area (Å²) in [6.07, 6.45) is 2.36. The molecular weight excluding hydrogens is 361 g/mol. The van der Waals surface area contributed by atoms with E-state index in [-0.39, 0.29) is 29.4 Å². The van der Waals surface area contributed by atoms with E-state index in [1.165, 1.54) is 18.4 Å². The molecule has 0 atom stereocenters. The van der Waals surface area contributed by atoms with E-state index < -0.39 is 0 Å². The number of hydrogen-bond donors (Lipinski definition) is 2. The summed E-state index contributed by atoms with van der Waals surface area (Å²) in [6.45, 7) is 8.52. The Morgan fingerprint density at radius 1 is 1.15 bits per heavy atom. The van der Waals surface area contributed by atoms with Gasteiger partial charge in [-0.05, 0) is 12.0 Å². The molecule has 0 aliphatic carbocycles. The molecule has 0 bridgehead atoms. The average Bonchev–Trinajstić information content (AvgIpc) is 2.43. The molecule has 0 aliphatic rings. The minimum absolute atomic E-state index is 0. The van der Waals surface area contributed by atoms with Crippen molar-refractivity contribution in [3.8, 4) is 0 Å². The largest absolute Gasteiger partial charge is 0.356 e. The zero-order chi connectivity index (χ0) is 14.1. The Hall–Kier alpha value is -0.780. The number of nitrogens with one attached hydrogen (secondary N) is 2. The van der Waals surface area contributed by atoms with Gasteiger partial charge in [0.05, 0.1) is 0 Å². The lowest BCUT2D eigenvalue weighted by atomic mass is 9.85. The van der Waals surface area contributed by atoms with Crippen LogP contribution in [0.3, 0.4) is 0 Å². The Morgan fingerprint density at radius 2 is 1.80 bits per heavy atom. The maximum atomic E-state index is 4.25. The monoisotopic (exact) mass is 389 g/mol. The highest BCUT2D eigenvalue weighted by atomic mass is 127. The molecule has 0 radical (unpaired) electrons. The molecule has 1 aromatic rings. The Labute approximate surface area is 140 Å². The van der Waals surface area contributed by atoms with E-state index in [0.29, 0.717) is 0 Å². The van der Waals surface area contributed by atoms with Gasteiger partial charge in [-0.3, -0.25) is 4.99 Å². The van der Waals surface area contributed by atoms with E-state index >= 15 is 0 Å². The van der Waals surface area contributed by atoms with Crippen LogP contribution in [0.5, 0.6) is 0 Å². The molecule has 20 heavy (non-hydrogen) atoms. The Kier molecular flexibility index (Phi) is 9.63. The molecule has 3 nitrogen and oxygen atoms in total. The van der Waals surface area contributed by atoms with Gasteiger partial charge >= 0.3 is 0 Å². The number of nitrogens with zero attached hydrogens (tertiary/aromatic N) is 1. The van der Waals surface area contributed by atoms with Gasteiger partial charge in [-0.25, -0.2) is 0 Å². The van der Waals surface area contributed by atoms with Crippen LogP contribution in [0, 0.1) is 0 Å². The molecule has 0 spiro atoms. The molecule has 0 aromatic heterocycles. The van der Waals surface area contributed by atoms with Gasteiger partial charge in [0.1, 0.15) is 0 Å². The molecule has 0 saturated carbocycles. The molecule has 1 aromatic carbocycles. The van der Waals surface area contributed by atoms with Crippen LogP contribution >= 0.6 is 24.0 Å². The first-order chi connectivity index (χ1) is 9.10. The van der Waals surface area contributed by atoms with Gasteiger partial charge < -0.3 is 10.6 Å². The van der Waals surface area contributed by atoms with Crippen LogP contribution in [0.4, 0.5) is 0 Å². The van der Waals surface area contributed by atoms with E-state index in [9.17, 15) is 0 Å². The third-order valence-electron chi connectivity index (χ3n) is 3.30. The number of benzene rings is 1. The number of aliphatic imine (C=N–C) groups is 1. The summed E-state index contributed by atoms with van der Waals surface area (Å²) >= 11 is 0. The maximum Gasteiger partial charge on any atom is 0.191 e. The van der Waals surface area contributed by atoms with Crippen LogP contribution < -0.4 is 10.6 Å². The van der Waals surface area contributed by atoms with Crippen LogP contribution in [-0.2, 0) is 5.41 Å². The topological polar surface area (TPSA) is 36.4 Å². The standard InChI is InChI=1S/C16H27N3.HI/c1-5-6-12-18-15(17-4)19-13-16(2,3)14-10-8-7-9-11-14;/h7-11H,5-6,12-13H2,1-4H3,(H2,17,18,19);1H. The molecule has 114 valence electrons. The maximum absolute atomic E-state index is 4.25. The van der Waals surface area contributed by atoms with Gasteiger partial charge in [0, 0.05) is 25.6 Å². The molecule has 0 amide bonds. The number of guanidine groups is 1. The second kappa shape index (κ2) is 10.0. The van der Waals surface area contributed by atoms with Crippen molar-refractivity contribution >= 4 is 29.9 Å². The molecular formula is C16H28IN3. The van der Waals surface area contributed by atoms with Crippen LogP contribution in [0.1, 0.15) is 39.2 Å². The van der Waals surface area contributed by atoms with Crippen molar-refractivity contribution in [1.82, 2.24) is 10.6 Å². The van der Waals surface area contributed by atoms with E-state index in [0.717, 1.165) is 19.0 Å². The third-order valence-corrected chi connectivity index (χ3v) is 3.30. The number of hydrogen-bond acceptors (Lipinski definition) is 1. The summed E-state index contributed by atoms with van der Waals surface area (Å²) in [5.74, 6) is 0.887. The second-order valence-electron chi connectivity index (χ2n) is 5.46. The Bertz CT molecular complexity index is 388. The lowest BCUT2D eigenvalue weighted by molar-refractivity contribution is 0.508. The number of rotatable bonds is 6. The van der Waals surface area contributed by atoms with E-state index in [1.807, 2.05) is 7.05 Å². The summed E-state index contributed by atoms with van der Waals surface area (Å²) < 4.78 is 0. The van der Waals surface area contributed by atoms with E-state index in [1.54, 1.807) is 0 Å². The summed E-state index contributed by atoms with van der Waals surface area (Å²) in [5.41, 5.74) is 1.43. The number of halogens is 1. The third kappa shape index (κ3) is 6.59. The van der Waals surface area contributed by atoms with Crippen molar-refractivity contribution in [2.24, 2.45) is 4.99 Å². The van der Waals surface area contributed by atoms with Gasteiger partial charge in [-0.1, -0.05) is 57.5 Å². The zero-order valence-corrected chi connectivity index (χ0v) is 15.4. The predicted octanol–water partition coefficient (Wildman–Crippen LogP) is 3.55. The number of unbranched alkanes of at least 4 members (excludes halogenated alkanes) is 1. The van der Waals surface area contributed by atoms with E-state index in [2.05, 4.69) is 66.7 Å². The van der Waals surface area contributed by atoms with Crippen LogP contribution in [0.25, 0.3) is 0 Å². The fourth-order valence-electron chi connectivity index (χ4n) is 1.90. The van der Waals surface area contributed by atoms with Crippen LogP contribution in [0.2, 0.25) is 0 Å². The predicted molar refractivity (Wildman–Crippen MR) is 99.2 cm³/mol. The van der Waals surface area contributed by atoms with Crippen molar-refractivity contribution < 1.29 is 0 Å². The fourth-order valence-corrected chi connectivity index (χ4v) is 1.90. The van der Waals surface area contributed by atoms with E-state index in [4.69, 9.17) is 0 Å².